The molecule has 0 aromatic heterocycles. The van der Waals surface area contributed by atoms with Gasteiger partial charge in [-0.25, -0.2) is 5.43 Å². The Morgan fingerprint density at radius 1 is 1.14 bits per heavy atom. The van der Waals surface area contributed by atoms with Gasteiger partial charge in [-0.15, -0.1) is 0 Å². The Hall–Kier alpha value is -2.82. The summed E-state index contributed by atoms with van der Waals surface area (Å²) in [6, 6.07) is 14.7. The molecular weight excluding hydrogens is 264 g/mol. The maximum Gasteiger partial charge on any atom is 0.273 e. The standard InChI is InChI=1S/C16H18N4O/c1-20(2)13-9-7-12(8-10-13)11-18-19-16(21)14-5-3-4-6-15(14)17/h3-11H,17H2,1-2H3,(H,19,21)/b18-11-. The van der Waals surface area contributed by atoms with Crippen molar-refractivity contribution in [2.45, 2.75) is 0 Å². The number of benzene rings is 2. The maximum atomic E-state index is 11.9. The number of para-hydroxylation sites is 1. The van der Waals surface area contributed by atoms with E-state index in [0.717, 1.165) is 11.3 Å². The van der Waals surface area contributed by atoms with Gasteiger partial charge >= 0.3 is 0 Å². The van der Waals surface area contributed by atoms with Crippen LogP contribution >= 0.6 is 0 Å². The summed E-state index contributed by atoms with van der Waals surface area (Å²) in [5.41, 5.74) is 11.1. The van der Waals surface area contributed by atoms with Gasteiger partial charge in [0.2, 0.25) is 0 Å². The van der Waals surface area contributed by atoms with Crippen LogP contribution in [0.15, 0.2) is 53.6 Å². The van der Waals surface area contributed by atoms with Crippen molar-refractivity contribution in [1.82, 2.24) is 5.43 Å². The van der Waals surface area contributed by atoms with Gasteiger partial charge in [0.25, 0.3) is 5.91 Å². The molecule has 0 atom stereocenters. The predicted molar refractivity (Wildman–Crippen MR) is 86.7 cm³/mol. The highest BCUT2D eigenvalue weighted by Crippen LogP contribution is 2.11. The smallest absolute Gasteiger partial charge is 0.273 e. The molecule has 5 nitrogen and oxygen atoms in total. The zero-order valence-electron chi connectivity index (χ0n) is 12.1. The molecule has 0 aliphatic heterocycles. The first kappa shape index (κ1) is 14.6. The lowest BCUT2D eigenvalue weighted by atomic mass is 10.2. The largest absolute Gasteiger partial charge is 0.398 e. The fourth-order valence-electron chi connectivity index (χ4n) is 1.79. The Balaban J connectivity index is 1.99. The van der Waals surface area contributed by atoms with Gasteiger partial charge in [-0.1, -0.05) is 24.3 Å². The van der Waals surface area contributed by atoms with E-state index in [2.05, 4.69) is 10.5 Å². The van der Waals surface area contributed by atoms with Crippen molar-refractivity contribution in [3.05, 3.63) is 59.7 Å². The molecule has 0 saturated carbocycles. The number of nitrogens with two attached hydrogens (primary N) is 1. The summed E-state index contributed by atoms with van der Waals surface area (Å²) in [5, 5.41) is 3.94. The van der Waals surface area contributed by atoms with E-state index in [0.29, 0.717) is 11.3 Å². The molecule has 0 spiro atoms. The molecule has 5 heteroatoms. The van der Waals surface area contributed by atoms with Gasteiger partial charge in [0.15, 0.2) is 0 Å². The van der Waals surface area contributed by atoms with Crippen LogP contribution in [-0.2, 0) is 0 Å². The van der Waals surface area contributed by atoms with Gasteiger partial charge in [0.1, 0.15) is 0 Å². The minimum absolute atomic E-state index is 0.325. The average Bonchev–Trinajstić information content (AvgIpc) is 2.48. The van der Waals surface area contributed by atoms with Crippen molar-refractivity contribution in [3.8, 4) is 0 Å². The number of rotatable bonds is 4. The van der Waals surface area contributed by atoms with Gasteiger partial charge in [-0.3, -0.25) is 4.79 Å². The molecule has 0 saturated heterocycles. The molecule has 0 fully saturated rings. The topological polar surface area (TPSA) is 70.7 Å². The van der Waals surface area contributed by atoms with Crippen LogP contribution in [0, 0.1) is 0 Å². The third-order valence-corrected chi connectivity index (χ3v) is 2.99. The second-order valence-corrected chi connectivity index (χ2v) is 4.77. The number of anilines is 2. The fraction of sp³-hybridized carbons (Fsp3) is 0.125. The third-order valence-electron chi connectivity index (χ3n) is 2.99. The first-order chi connectivity index (χ1) is 10.1. The van der Waals surface area contributed by atoms with E-state index < -0.39 is 0 Å². The zero-order valence-corrected chi connectivity index (χ0v) is 12.1. The Morgan fingerprint density at radius 2 is 1.81 bits per heavy atom. The summed E-state index contributed by atoms with van der Waals surface area (Å²) in [6.45, 7) is 0. The van der Waals surface area contributed by atoms with E-state index in [1.54, 1.807) is 30.5 Å². The number of amides is 1. The van der Waals surface area contributed by atoms with Crippen molar-refractivity contribution < 1.29 is 4.79 Å². The van der Waals surface area contributed by atoms with Crippen LogP contribution in [0.2, 0.25) is 0 Å². The van der Waals surface area contributed by atoms with Crippen LogP contribution in [0.25, 0.3) is 0 Å². The number of carbonyl (C=O) groups excluding carboxylic acids is 1. The molecule has 2 aromatic rings. The molecular formula is C16H18N4O. The molecule has 0 unspecified atom stereocenters. The maximum absolute atomic E-state index is 11.9. The number of hydrogen-bond donors (Lipinski definition) is 2. The molecule has 21 heavy (non-hydrogen) atoms. The van der Waals surface area contributed by atoms with Crippen LogP contribution in [-0.4, -0.2) is 26.2 Å². The first-order valence-corrected chi connectivity index (χ1v) is 6.53. The van der Waals surface area contributed by atoms with Crippen molar-refractivity contribution in [2.75, 3.05) is 24.7 Å². The van der Waals surface area contributed by atoms with Crippen molar-refractivity contribution in [1.29, 1.82) is 0 Å². The van der Waals surface area contributed by atoms with Crippen molar-refractivity contribution >= 4 is 23.5 Å². The summed E-state index contributed by atoms with van der Waals surface area (Å²) in [4.78, 5) is 13.9. The monoisotopic (exact) mass is 282 g/mol. The molecule has 0 radical (unpaired) electrons. The lowest BCUT2D eigenvalue weighted by molar-refractivity contribution is 0.0956. The molecule has 0 heterocycles. The van der Waals surface area contributed by atoms with E-state index in [1.165, 1.54) is 0 Å². The second-order valence-electron chi connectivity index (χ2n) is 4.77. The summed E-state index contributed by atoms with van der Waals surface area (Å²) >= 11 is 0. The third kappa shape index (κ3) is 3.82. The molecule has 2 rings (SSSR count). The summed E-state index contributed by atoms with van der Waals surface area (Å²) in [6.07, 6.45) is 1.59. The van der Waals surface area contributed by atoms with Gasteiger partial charge in [0.05, 0.1) is 11.8 Å². The second kappa shape index (κ2) is 6.56. The lowest BCUT2D eigenvalue weighted by Crippen LogP contribution is -2.19. The number of hydrazone groups is 1. The molecule has 0 aliphatic rings. The molecule has 0 bridgehead atoms. The Kier molecular flexibility index (Phi) is 4.56. The van der Waals surface area contributed by atoms with Gasteiger partial charge in [-0.2, -0.15) is 5.10 Å². The minimum Gasteiger partial charge on any atom is -0.398 e. The zero-order chi connectivity index (χ0) is 15.2. The highest BCUT2D eigenvalue weighted by Gasteiger charge is 2.06. The van der Waals surface area contributed by atoms with Crippen LogP contribution in [0.5, 0.6) is 0 Å². The quantitative estimate of drug-likeness (QED) is 0.512. The predicted octanol–water partition coefficient (Wildman–Crippen LogP) is 2.10. The lowest BCUT2D eigenvalue weighted by Gasteiger charge is -2.11. The Labute approximate surface area is 124 Å². The molecule has 108 valence electrons. The van der Waals surface area contributed by atoms with E-state index in [9.17, 15) is 4.79 Å². The van der Waals surface area contributed by atoms with Gasteiger partial charge < -0.3 is 10.6 Å². The normalized spacial score (nSPS) is 10.6. The number of nitrogens with zero attached hydrogens (tertiary/aromatic N) is 2. The highest BCUT2D eigenvalue weighted by molar-refractivity contribution is 5.99. The summed E-state index contributed by atoms with van der Waals surface area (Å²) in [5.74, 6) is -0.325. The fourth-order valence-corrected chi connectivity index (χ4v) is 1.79. The Morgan fingerprint density at radius 3 is 2.43 bits per heavy atom. The SMILES string of the molecule is CN(C)c1ccc(/C=N\NC(=O)c2ccccc2N)cc1. The number of hydrogen-bond acceptors (Lipinski definition) is 4. The van der Waals surface area contributed by atoms with Crippen molar-refractivity contribution in [3.63, 3.8) is 0 Å². The Bertz CT molecular complexity index is 648. The summed E-state index contributed by atoms with van der Waals surface area (Å²) < 4.78 is 0. The van der Waals surface area contributed by atoms with E-state index >= 15 is 0 Å². The van der Waals surface area contributed by atoms with Crippen LogP contribution in [0.1, 0.15) is 15.9 Å². The summed E-state index contributed by atoms with van der Waals surface area (Å²) in [7, 11) is 3.96. The number of nitrogen functional groups attached to an aromatic ring is 1. The molecule has 0 aliphatic carbocycles. The van der Waals surface area contributed by atoms with Crippen LogP contribution in [0.3, 0.4) is 0 Å². The van der Waals surface area contributed by atoms with Crippen LogP contribution in [0.4, 0.5) is 11.4 Å². The average molecular weight is 282 g/mol. The van der Waals surface area contributed by atoms with E-state index in [1.807, 2.05) is 43.3 Å². The van der Waals surface area contributed by atoms with Crippen molar-refractivity contribution in [2.24, 2.45) is 5.10 Å². The number of carbonyl (C=O) groups is 1. The highest BCUT2D eigenvalue weighted by atomic mass is 16.2. The minimum atomic E-state index is -0.325. The number of nitrogens with one attached hydrogen (secondary N) is 1. The van der Waals surface area contributed by atoms with Gasteiger partial charge in [-0.05, 0) is 29.8 Å². The van der Waals surface area contributed by atoms with E-state index in [4.69, 9.17) is 5.73 Å². The molecule has 2 aromatic carbocycles. The van der Waals surface area contributed by atoms with Crippen LogP contribution < -0.4 is 16.1 Å². The molecule has 1 amide bonds. The van der Waals surface area contributed by atoms with E-state index in [-0.39, 0.29) is 5.91 Å². The first-order valence-electron chi connectivity index (χ1n) is 6.53. The molecule has 3 N–H and O–H groups in total. The van der Waals surface area contributed by atoms with Gasteiger partial charge in [0, 0.05) is 25.5 Å².